The van der Waals surface area contributed by atoms with Crippen molar-refractivity contribution in [2.75, 3.05) is 14.2 Å². The zero-order valence-corrected chi connectivity index (χ0v) is 23.9. The molecule has 0 aromatic heterocycles. The summed E-state index contributed by atoms with van der Waals surface area (Å²) in [5.41, 5.74) is 1.04. The maximum Gasteiger partial charge on any atom is 0.312 e. The lowest BCUT2D eigenvalue weighted by Crippen LogP contribution is -2.33. The van der Waals surface area contributed by atoms with E-state index >= 15 is 0 Å². The van der Waals surface area contributed by atoms with Crippen LogP contribution in [0.5, 0.6) is 0 Å². The van der Waals surface area contributed by atoms with Gasteiger partial charge in [-0.2, -0.15) is 0 Å². The Labute approximate surface area is 200 Å². The lowest BCUT2D eigenvalue weighted by atomic mass is 9.82. The largest absolute Gasteiger partial charge is 0.460 e. The molecule has 0 fully saturated rings. The first kappa shape index (κ1) is 35.2. The first-order valence-corrected chi connectivity index (χ1v) is 11.9. The quantitative estimate of drug-likeness (QED) is 0.321. The lowest BCUT2D eigenvalue weighted by molar-refractivity contribution is -0.178. The molecule has 0 saturated carbocycles. The highest BCUT2D eigenvalue weighted by Gasteiger charge is 2.30. The summed E-state index contributed by atoms with van der Waals surface area (Å²) in [5, 5.41) is 0. The van der Waals surface area contributed by atoms with Gasteiger partial charge in [0, 0.05) is 14.2 Å². The highest BCUT2D eigenvalue weighted by Crippen LogP contribution is 2.26. The minimum Gasteiger partial charge on any atom is -0.460 e. The fraction of sp³-hybridized carbons (Fsp3) is 0.750. The van der Waals surface area contributed by atoms with Crippen molar-refractivity contribution in [3.8, 4) is 0 Å². The molecule has 32 heavy (non-hydrogen) atoms. The Morgan fingerprint density at radius 2 is 1.16 bits per heavy atom. The summed E-state index contributed by atoms with van der Waals surface area (Å²) in [6, 6.07) is 10.7. The highest BCUT2D eigenvalue weighted by molar-refractivity contribution is 5.76. The van der Waals surface area contributed by atoms with E-state index in [0.29, 0.717) is 5.41 Å². The van der Waals surface area contributed by atoms with Crippen molar-refractivity contribution in [1.82, 2.24) is 0 Å². The number of methoxy groups -OCH3 is 2. The lowest BCUT2D eigenvalue weighted by Gasteiger charge is -2.27. The molecule has 1 aromatic rings. The van der Waals surface area contributed by atoms with Gasteiger partial charge in [-0.25, -0.2) is 0 Å². The molecule has 0 atom stereocenters. The van der Waals surface area contributed by atoms with Gasteiger partial charge in [-0.15, -0.1) is 0 Å². The smallest absolute Gasteiger partial charge is 0.312 e. The van der Waals surface area contributed by atoms with Crippen molar-refractivity contribution < 1.29 is 19.0 Å². The summed E-state index contributed by atoms with van der Waals surface area (Å²) in [5.74, 6) is -0.530. The zero-order chi connectivity index (χ0) is 26.2. The van der Waals surface area contributed by atoms with E-state index in [-0.39, 0.29) is 17.0 Å². The standard InChI is InChI=1S/C11H16.C10H20O2.C5H12O2.C2H6/c1-4-11(2,3)10-8-6-5-7-9-10;1-7-10(5,6)8(11)12-9(2,3)4;1-5(2,6-3)7-4;1-2/h5-9H,4H2,1-3H3;7H2,1-6H3;1-4H3;1-2H3. The monoisotopic (exact) mass is 454 g/mol. The molecule has 0 radical (unpaired) electrons. The van der Waals surface area contributed by atoms with Gasteiger partial charge in [0.05, 0.1) is 5.41 Å². The first-order chi connectivity index (χ1) is 14.5. The average molecular weight is 455 g/mol. The number of carbonyl (C=O) groups excluding carboxylic acids is 1. The zero-order valence-electron chi connectivity index (χ0n) is 23.9. The summed E-state index contributed by atoms with van der Waals surface area (Å²) >= 11 is 0. The Morgan fingerprint density at radius 1 is 0.750 bits per heavy atom. The van der Waals surface area contributed by atoms with E-state index in [2.05, 4.69) is 51.1 Å². The molecule has 190 valence electrons. The number of hydrogen-bond donors (Lipinski definition) is 0. The van der Waals surface area contributed by atoms with E-state index in [0.717, 1.165) is 6.42 Å². The molecule has 0 N–H and O–H groups in total. The van der Waals surface area contributed by atoms with Gasteiger partial charge in [0.2, 0.25) is 0 Å². The molecule has 0 spiro atoms. The summed E-state index contributed by atoms with van der Waals surface area (Å²) in [6.45, 7) is 26.0. The van der Waals surface area contributed by atoms with E-state index in [9.17, 15) is 4.79 Å². The van der Waals surface area contributed by atoms with Crippen LogP contribution in [-0.4, -0.2) is 31.6 Å². The van der Waals surface area contributed by atoms with Crippen LogP contribution < -0.4 is 0 Å². The summed E-state index contributed by atoms with van der Waals surface area (Å²) < 4.78 is 15.0. The Kier molecular flexibility index (Phi) is 17.9. The number of benzene rings is 1. The van der Waals surface area contributed by atoms with Gasteiger partial charge in [-0.1, -0.05) is 71.9 Å². The van der Waals surface area contributed by atoms with E-state index in [1.807, 2.05) is 69.2 Å². The van der Waals surface area contributed by atoms with E-state index < -0.39 is 5.79 Å². The molecule has 0 heterocycles. The van der Waals surface area contributed by atoms with Gasteiger partial charge in [-0.05, 0) is 72.3 Å². The predicted molar refractivity (Wildman–Crippen MR) is 139 cm³/mol. The maximum atomic E-state index is 11.5. The fourth-order valence-electron chi connectivity index (χ4n) is 1.74. The van der Waals surface area contributed by atoms with Crippen LogP contribution in [-0.2, 0) is 24.4 Å². The molecular formula is C28H54O4. The van der Waals surface area contributed by atoms with E-state index in [1.54, 1.807) is 14.2 Å². The van der Waals surface area contributed by atoms with Crippen LogP contribution in [0.2, 0.25) is 0 Å². The normalized spacial score (nSPS) is 11.6. The maximum absolute atomic E-state index is 11.5. The molecule has 0 amide bonds. The molecule has 4 heteroatoms. The number of rotatable bonds is 6. The second kappa shape index (κ2) is 16.3. The third kappa shape index (κ3) is 17.2. The number of esters is 1. The molecule has 0 aliphatic rings. The topological polar surface area (TPSA) is 44.8 Å². The molecular weight excluding hydrogens is 400 g/mol. The number of carbonyl (C=O) groups is 1. The molecule has 0 saturated heterocycles. The molecule has 0 unspecified atom stereocenters. The average Bonchev–Trinajstić information content (AvgIpc) is 2.75. The van der Waals surface area contributed by atoms with Crippen molar-refractivity contribution in [1.29, 1.82) is 0 Å². The minimum atomic E-state index is -0.417. The molecule has 1 aromatic carbocycles. The van der Waals surface area contributed by atoms with Crippen molar-refractivity contribution >= 4 is 5.97 Å². The molecule has 0 bridgehead atoms. The summed E-state index contributed by atoms with van der Waals surface area (Å²) in [4.78, 5) is 11.5. The first-order valence-electron chi connectivity index (χ1n) is 11.9. The van der Waals surface area contributed by atoms with E-state index in [4.69, 9.17) is 14.2 Å². The predicted octanol–water partition coefficient (Wildman–Crippen LogP) is 8.18. The van der Waals surface area contributed by atoms with Gasteiger partial charge in [0.15, 0.2) is 5.79 Å². The number of ether oxygens (including phenoxy) is 3. The van der Waals surface area contributed by atoms with Gasteiger partial charge >= 0.3 is 5.97 Å². The fourth-order valence-corrected chi connectivity index (χ4v) is 1.74. The van der Waals surface area contributed by atoms with Crippen LogP contribution in [0.15, 0.2) is 30.3 Å². The Balaban J connectivity index is -0.000000391. The SMILES string of the molecule is CC.CCC(C)(C)C(=O)OC(C)(C)C.CCC(C)(C)c1ccccc1.COC(C)(C)OC. The van der Waals surface area contributed by atoms with Gasteiger partial charge < -0.3 is 14.2 Å². The Morgan fingerprint density at radius 3 is 1.41 bits per heavy atom. The van der Waals surface area contributed by atoms with E-state index in [1.165, 1.54) is 12.0 Å². The van der Waals surface area contributed by atoms with Gasteiger partial charge in [-0.3, -0.25) is 4.79 Å². The second-order valence-corrected chi connectivity index (χ2v) is 10.2. The molecule has 0 aliphatic carbocycles. The van der Waals surface area contributed by atoms with Crippen molar-refractivity contribution in [3.05, 3.63) is 35.9 Å². The second-order valence-electron chi connectivity index (χ2n) is 10.2. The van der Waals surface area contributed by atoms with Crippen molar-refractivity contribution in [2.45, 2.75) is 120 Å². The molecule has 4 nitrogen and oxygen atoms in total. The van der Waals surface area contributed by atoms with Crippen LogP contribution in [0.25, 0.3) is 0 Å². The third-order valence-electron chi connectivity index (χ3n) is 5.26. The minimum absolute atomic E-state index is 0.113. The third-order valence-corrected chi connectivity index (χ3v) is 5.26. The van der Waals surface area contributed by atoms with Gasteiger partial charge in [0.1, 0.15) is 5.60 Å². The van der Waals surface area contributed by atoms with Crippen LogP contribution in [0.4, 0.5) is 0 Å². The van der Waals surface area contributed by atoms with Crippen LogP contribution in [0.3, 0.4) is 0 Å². The summed E-state index contributed by atoms with van der Waals surface area (Å²) in [6.07, 6.45) is 2.00. The molecule has 0 aliphatic heterocycles. The summed E-state index contributed by atoms with van der Waals surface area (Å²) in [7, 11) is 3.23. The Bertz CT molecular complexity index is 575. The van der Waals surface area contributed by atoms with Crippen LogP contribution in [0, 0.1) is 5.41 Å². The number of hydrogen-bond acceptors (Lipinski definition) is 4. The van der Waals surface area contributed by atoms with Gasteiger partial charge in [0.25, 0.3) is 0 Å². The van der Waals surface area contributed by atoms with Crippen molar-refractivity contribution in [3.63, 3.8) is 0 Å². The van der Waals surface area contributed by atoms with Crippen LogP contribution in [0.1, 0.15) is 108 Å². The highest BCUT2D eigenvalue weighted by atomic mass is 16.7. The van der Waals surface area contributed by atoms with Crippen LogP contribution >= 0.6 is 0 Å². The molecule has 1 rings (SSSR count). The van der Waals surface area contributed by atoms with Crippen molar-refractivity contribution in [2.24, 2.45) is 5.41 Å². The Hall–Kier alpha value is -1.39.